The molecule has 160 valence electrons. The number of aromatic hydroxyl groups is 1. The SMILES string of the molecule is CCN1CCC[C@@H](Nc2nnc(-c3c(O)cc(C(F)(F)F)cc3F)c3cccn23)C1. The Morgan fingerprint density at radius 3 is 2.77 bits per heavy atom. The zero-order chi connectivity index (χ0) is 21.5. The molecule has 2 N–H and O–H groups in total. The first kappa shape index (κ1) is 20.4. The lowest BCUT2D eigenvalue weighted by molar-refractivity contribution is -0.137. The molecular formula is C20H21F4N5O. The number of likely N-dealkylation sites (tertiary alicyclic amines) is 1. The number of nitrogens with zero attached hydrogens (tertiary/aromatic N) is 4. The van der Waals surface area contributed by atoms with Crippen molar-refractivity contribution in [1.29, 1.82) is 0 Å². The molecule has 30 heavy (non-hydrogen) atoms. The van der Waals surface area contributed by atoms with E-state index in [1.165, 1.54) is 0 Å². The van der Waals surface area contributed by atoms with Crippen LogP contribution in [-0.2, 0) is 6.18 Å². The molecule has 1 atom stereocenters. The molecule has 1 fully saturated rings. The quantitative estimate of drug-likeness (QED) is 0.617. The second kappa shape index (κ2) is 7.75. The van der Waals surface area contributed by atoms with Gasteiger partial charge in [0, 0.05) is 18.8 Å². The summed E-state index contributed by atoms with van der Waals surface area (Å²) < 4.78 is 54.9. The zero-order valence-corrected chi connectivity index (χ0v) is 16.2. The highest BCUT2D eigenvalue weighted by Gasteiger charge is 2.33. The number of halogens is 4. The summed E-state index contributed by atoms with van der Waals surface area (Å²) in [7, 11) is 0. The standard InChI is InChI=1S/C20H21F4N5O/c1-2-28-7-3-5-13(11-28)25-19-27-26-18(15-6-4-8-29(15)19)17-14(21)9-12(10-16(17)30)20(22,23)24/h4,6,8-10,13,30H,2-3,5,7,11H2,1H3,(H,25,27)/t13-/m1/s1. The number of hydrogen-bond donors (Lipinski definition) is 2. The van der Waals surface area contributed by atoms with Crippen molar-refractivity contribution in [3.8, 4) is 17.0 Å². The molecule has 1 aromatic carbocycles. The van der Waals surface area contributed by atoms with Gasteiger partial charge in [-0.2, -0.15) is 13.2 Å². The minimum Gasteiger partial charge on any atom is -0.507 e. The molecule has 2 aromatic heterocycles. The van der Waals surface area contributed by atoms with Crippen molar-refractivity contribution in [2.24, 2.45) is 0 Å². The van der Waals surface area contributed by atoms with Crippen LogP contribution in [0.25, 0.3) is 16.8 Å². The first-order chi connectivity index (χ1) is 14.3. The van der Waals surface area contributed by atoms with Gasteiger partial charge in [-0.05, 0) is 50.2 Å². The number of alkyl halides is 3. The van der Waals surface area contributed by atoms with E-state index in [1.807, 2.05) is 0 Å². The third kappa shape index (κ3) is 3.79. The van der Waals surface area contributed by atoms with Crippen LogP contribution in [0.2, 0.25) is 0 Å². The fraction of sp³-hybridized carbons (Fsp3) is 0.400. The van der Waals surface area contributed by atoms with Crippen molar-refractivity contribution in [3.63, 3.8) is 0 Å². The highest BCUT2D eigenvalue weighted by Crippen LogP contribution is 2.39. The Morgan fingerprint density at radius 2 is 2.07 bits per heavy atom. The summed E-state index contributed by atoms with van der Waals surface area (Å²) in [6.07, 6.45) is -1.05. The number of phenolic OH excluding ortho intramolecular Hbond substituents is 1. The van der Waals surface area contributed by atoms with Gasteiger partial charge in [0.1, 0.15) is 17.3 Å². The molecule has 0 bridgehead atoms. The van der Waals surface area contributed by atoms with Crippen LogP contribution in [0.15, 0.2) is 30.5 Å². The average Bonchev–Trinajstić information content (AvgIpc) is 3.19. The van der Waals surface area contributed by atoms with Gasteiger partial charge in [0.25, 0.3) is 0 Å². The molecule has 1 aliphatic rings. The maximum Gasteiger partial charge on any atom is 0.416 e. The molecule has 10 heteroatoms. The van der Waals surface area contributed by atoms with Crippen LogP contribution < -0.4 is 5.32 Å². The lowest BCUT2D eigenvalue weighted by Gasteiger charge is -2.32. The second-order valence-corrected chi connectivity index (χ2v) is 7.36. The summed E-state index contributed by atoms with van der Waals surface area (Å²) >= 11 is 0. The molecule has 0 spiro atoms. The lowest BCUT2D eigenvalue weighted by Crippen LogP contribution is -2.42. The Balaban J connectivity index is 1.71. The van der Waals surface area contributed by atoms with E-state index in [9.17, 15) is 22.7 Å². The molecule has 4 rings (SSSR count). The number of nitrogens with one attached hydrogen (secondary N) is 1. The summed E-state index contributed by atoms with van der Waals surface area (Å²) in [5.41, 5.74) is -1.30. The summed E-state index contributed by atoms with van der Waals surface area (Å²) in [6.45, 7) is 4.96. The number of hydrogen-bond acceptors (Lipinski definition) is 5. The summed E-state index contributed by atoms with van der Waals surface area (Å²) in [5.74, 6) is -1.61. The van der Waals surface area contributed by atoms with Gasteiger partial charge in [-0.3, -0.25) is 4.40 Å². The largest absolute Gasteiger partial charge is 0.507 e. The highest BCUT2D eigenvalue weighted by atomic mass is 19.4. The first-order valence-corrected chi connectivity index (χ1v) is 9.70. The molecule has 3 aromatic rings. The maximum atomic E-state index is 14.6. The molecule has 6 nitrogen and oxygen atoms in total. The van der Waals surface area contributed by atoms with E-state index >= 15 is 0 Å². The normalized spacial score (nSPS) is 18.1. The third-order valence-corrected chi connectivity index (χ3v) is 5.38. The van der Waals surface area contributed by atoms with E-state index in [1.54, 1.807) is 22.7 Å². The molecular weight excluding hydrogens is 402 g/mol. The highest BCUT2D eigenvalue weighted by molar-refractivity contribution is 5.81. The molecule has 0 saturated carbocycles. The second-order valence-electron chi connectivity index (χ2n) is 7.36. The minimum atomic E-state index is -4.77. The number of piperidine rings is 1. The van der Waals surface area contributed by atoms with Crippen LogP contribution in [-0.4, -0.2) is 50.3 Å². The molecule has 1 aliphatic heterocycles. The molecule has 0 amide bonds. The predicted octanol–water partition coefficient (Wildman–Crippen LogP) is 4.16. The number of aromatic nitrogens is 3. The van der Waals surface area contributed by atoms with Crippen molar-refractivity contribution in [2.45, 2.75) is 32.0 Å². The van der Waals surface area contributed by atoms with Gasteiger partial charge in [-0.1, -0.05) is 6.92 Å². The molecule has 0 unspecified atom stereocenters. The van der Waals surface area contributed by atoms with E-state index < -0.39 is 28.9 Å². The van der Waals surface area contributed by atoms with Crippen molar-refractivity contribution in [2.75, 3.05) is 25.0 Å². The number of benzene rings is 1. The van der Waals surface area contributed by atoms with Gasteiger partial charge in [0.2, 0.25) is 5.95 Å². The molecule has 3 heterocycles. The van der Waals surface area contributed by atoms with Crippen LogP contribution in [0.3, 0.4) is 0 Å². The van der Waals surface area contributed by atoms with Crippen molar-refractivity contribution < 1.29 is 22.7 Å². The fourth-order valence-corrected chi connectivity index (χ4v) is 3.87. The zero-order valence-electron chi connectivity index (χ0n) is 16.2. The number of likely N-dealkylation sites (N-methyl/N-ethyl adjacent to an activating group) is 1. The van der Waals surface area contributed by atoms with Crippen molar-refractivity contribution in [3.05, 3.63) is 41.8 Å². The van der Waals surface area contributed by atoms with E-state index in [4.69, 9.17) is 0 Å². The van der Waals surface area contributed by atoms with Gasteiger partial charge in [0.05, 0.1) is 16.6 Å². The van der Waals surface area contributed by atoms with Crippen molar-refractivity contribution >= 4 is 11.5 Å². The van der Waals surface area contributed by atoms with E-state index in [-0.39, 0.29) is 11.7 Å². The summed E-state index contributed by atoms with van der Waals surface area (Å²) in [4.78, 5) is 2.32. The maximum absolute atomic E-state index is 14.6. The monoisotopic (exact) mass is 423 g/mol. The van der Waals surface area contributed by atoms with Crippen LogP contribution in [0.1, 0.15) is 25.3 Å². The number of rotatable bonds is 4. The average molecular weight is 423 g/mol. The smallest absolute Gasteiger partial charge is 0.416 e. The number of fused-ring (bicyclic) bond motifs is 1. The molecule has 0 radical (unpaired) electrons. The third-order valence-electron chi connectivity index (χ3n) is 5.38. The topological polar surface area (TPSA) is 65.7 Å². The Bertz CT molecular complexity index is 1040. The number of phenols is 1. The van der Waals surface area contributed by atoms with Gasteiger partial charge < -0.3 is 15.3 Å². The molecule has 1 saturated heterocycles. The first-order valence-electron chi connectivity index (χ1n) is 9.70. The summed E-state index contributed by atoms with van der Waals surface area (Å²) in [5, 5.41) is 21.7. The van der Waals surface area contributed by atoms with Crippen LogP contribution >= 0.6 is 0 Å². The van der Waals surface area contributed by atoms with E-state index in [0.717, 1.165) is 32.5 Å². The summed E-state index contributed by atoms with van der Waals surface area (Å²) in [6, 6.07) is 4.36. The van der Waals surface area contributed by atoms with Gasteiger partial charge in [0.15, 0.2) is 0 Å². The predicted molar refractivity (Wildman–Crippen MR) is 104 cm³/mol. The minimum absolute atomic E-state index is 0.0342. The van der Waals surface area contributed by atoms with Crippen molar-refractivity contribution in [1.82, 2.24) is 19.5 Å². The van der Waals surface area contributed by atoms with E-state index in [2.05, 4.69) is 27.3 Å². The van der Waals surface area contributed by atoms with E-state index in [0.29, 0.717) is 23.6 Å². The van der Waals surface area contributed by atoms with Crippen LogP contribution in [0.4, 0.5) is 23.5 Å². The molecule has 0 aliphatic carbocycles. The Morgan fingerprint density at radius 1 is 1.27 bits per heavy atom. The van der Waals surface area contributed by atoms with Crippen LogP contribution in [0, 0.1) is 5.82 Å². The Labute approximate surface area is 170 Å². The Kier molecular flexibility index (Phi) is 5.27. The Hall–Kier alpha value is -2.88. The van der Waals surface area contributed by atoms with Gasteiger partial charge in [-0.25, -0.2) is 4.39 Å². The lowest BCUT2D eigenvalue weighted by atomic mass is 10.1. The van der Waals surface area contributed by atoms with Gasteiger partial charge >= 0.3 is 6.18 Å². The van der Waals surface area contributed by atoms with Gasteiger partial charge in [-0.15, -0.1) is 10.2 Å². The van der Waals surface area contributed by atoms with Crippen LogP contribution in [0.5, 0.6) is 5.75 Å². The fourth-order valence-electron chi connectivity index (χ4n) is 3.87. The number of anilines is 1.